The largest absolute Gasteiger partial charge is 0.472 e. The molecule has 0 radical (unpaired) electrons. The standard InChI is InChI=1S/C19H23F2N7O11P2/c20-9-3-8(37-17(9)28-7-25-13-15(22)23-6-24-16(13)28)4-36-41(33,34)39-14-12(21)10(5-35-40(31)32)38-18(14)27-2-1-11(29)26-19(27)30/h1-2,6-10,12,14,17-18,40H,3-5H2,(H,31,32)(H,33,34)(H2,22,23,24)(H,26,29,30)/t8-,9+,10+,12+,14+,17+,18+/m0/s1. The highest BCUT2D eigenvalue weighted by atomic mass is 31.2. The number of nitrogens with one attached hydrogen (secondary N) is 1. The third-order valence-electron chi connectivity index (χ3n) is 6.23. The molecule has 2 saturated heterocycles. The van der Waals surface area contributed by atoms with E-state index in [1.807, 2.05) is 4.98 Å². The van der Waals surface area contributed by atoms with Gasteiger partial charge in [0.2, 0.25) is 0 Å². The van der Waals surface area contributed by atoms with Gasteiger partial charge in [-0.15, -0.1) is 0 Å². The first-order valence-corrected chi connectivity index (χ1v) is 14.5. The monoisotopic (exact) mass is 625 g/mol. The van der Waals surface area contributed by atoms with Gasteiger partial charge in [0.05, 0.1) is 25.6 Å². The number of alkyl halides is 2. The maximum Gasteiger partial charge on any atom is 0.472 e. The van der Waals surface area contributed by atoms with Crippen molar-refractivity contribution >= 4 is 33.1 Å². The van der Waals surface area contributed by atoms with Crippen molar-refractivity contribution in [2.24, 2.45) is 0 Å². The van der Waals surface area contributed by atoms with E-state index in [2.05, 4.69) is 19.5 Å². The van der Waals surface area contributed by atoms with E-state index in [1.165, 1.54) is 10.9 Å². The van der Waals surface area contributed by atoms with Gasteiger partial charge in [-0.2, -0.15) is 0 Å². The van der Waals surface area contributed by atoms with Gasteiger partial charge in [0, 0.05) is 18.7 Å². The number of imidazole rings is 1. The van der Waals surface area contributed by atoms with E-state index in [-0.39, 0.29) is 23.4 Å². The van der Waals surface area contributed by atoms with Crippen molar-refractivity contribution in [1.82, 2.24) is 29.1 Å². The molecule has 3 aromatic rings. The van der Waals surface area contributed by atoms with Crippen LogP contribution in [0.1, 0.15) is 18.9 Å². The number of aromatic nitrogens is 6. The van der Waals surface area contributed by atoms with Crippen LogP contribution in [-0.2, 0) is 32.2 Å². The van der Waals surface area contributed by atoms with Crippen LogP contribution in [0.15, 0.2) is 34.5 Å². The van der Waals surface area contributed by atoms with Crippen LogP contribution in [0.25, 0.3) is 11.2 Å². The van der Waals surface area contributed by atoms with Crippen LogP contribution in [0.2, 0.25) is 0 Å². The third kappa shape index (κ3) is 6.30. The van der Waals surface area contributed by atoms with E-state index in [4.69, 9.17) is 29.1 Å². The smallest absolute Gasteiger partial charge is 0.382 e. The summed E-state index contributed by atoms with van der Waals surface area (Å²) in [6.07, 6.45) is -8.39. The fourth-order valence-corrected chi connectivity index (χ4v) is 5.67. The second-order valence-electron chi connectivity index (χ2n) is 8.92. The first-order valence-electron chi connectivity index (χ1n) is 11.8. The minimum atomic E-state index is -5.14. The third-order valence-corrected chi connectivity index (χ3v) is 7.63. The molecular formula is C19H23F2N7O11P2. The quantitative estimate of drug-likeness (QED) is 0.212. The molecule has 0 bridgehead atoms. The number of phosphoric ester groups is 1. The van der Waals surface area contributed by atoms with Crippen LogP contribution in [0.5, 0.6) is 0 Å². The van der Waals surface area contributed by atoms with Gasteiger partial charge in [0.1, 0.15) is 30.2 Å². The first kappa shape index (κ1) is 29.6. The maximum absolute atomic E-state index is 15.3. The molecule has 9 atom stereocenters. The molecule has 22 heteroatoms. The Hall–Kier alpha value is -2.93. The lowest BCUT2D eigenvalue weighted by atomic mass is 10.1. The van der Waals surface area contributed by atoms with E-state index in [1.54, 1.807) is 0 Å². The van der Waals surface area contributed by atoms with E-state index < -0.39 is 83.7 Å². The predicted molar refractivity (Wildman–Crippen MR) is 131 cm³/mol. The van der Waals surface area contributed by atoms with Crippen LogP contribution < -0.4 is 17.0 Å². The Labute approximate surface area is 227 Å². The van der Waals surface area contributed by atoms with Crippen LogP contribution in [0, 0.1) is 0 Å². The number of phosphoric acid groups is 1. The summed E-state index contributed by atoms with van der Waals surface area (Å²) in [7, 11) is -8.63. The topological polar surface area (TPSA) is 245 Å². The van der Waals surface area contributed by atoms with E-state index >= 15 is 4.39 Å². The Bertz CT molecular complexity index is 1600. The second-order valence-corrected chi connectivity index (χ2v) is 11.1. The average Bonchev–Trinajstić information content (AvgIpc) is 3.58. The molecule has 5 rings (SSSR count). The van der Waals surface area contributed by atoms with Gasteiger partial charge in [-0.3, -0.25) is 32.5 Å². The minimum absolute atomic E-state index is 0.0735. The van der Waals surface area contributed by atoms with Crippen molar-refractivity contribution < 1.29 is 50.7 Å². The summed E-state index contributed by atoms with van der Waals surface area (Å²) in [5, 5.41) is 0. The van der Waals surface area contributed by atoms with Crippen LogP contribution in [0.3, 0.4) is 0 Å². The van der Waals surface area contributed by atoms with Crippen LogP contribution in [0.4, 0.5) is 14.6 Å². The number of ether oxygens (including phenoxy) is 2. The number of rotatable bonds is 10. The number of nitrogens with two attached hydrogens (primary N) is 1. The lowest BCUT2D eigenvalue weighted by molar-refractivity contribution is -0.0568. The molecule has 0 aromatic carbocycles. The SMILES string of the molecule is Nc1ncnc2c1ncn2[C@@H]1O[C@H](COP(=O)(O)O[C@@H]2[C@H](F)[C@@H](CO[PH](=O)O)O[C@H]2n2ccc(=O)[nH]c2=O)C[C@H]1F. The first-order chi connectivity index (χ1) is 19.4. The number of halogens is 2. The van der Waals surface area contributed by atoms with Gasteiger partial charge >= 0.3 is 21.8 Å². The molecule has 41 heavy (non-hydrogen) atoms. The molecule has 2 aliphatic rings. The van der Waals surface area contributed by atoms with Gasteiger partial charge in [-0.25, -0.2) is 33.1 Å². The number of H-pyrrole nitrogens is 1. The normalized spacial score (nSPS) is 30.5. The highest BCUT2D eigenvalue weighted by Crippen LogP contribution is 2.50. The number of nitrogen functional groups attached to an aromatic ring is 1. The molecule has 0 aliphatic carbocycles. The molecule has 5 N–H and O–H groups in total. The molecule has 5 heterocycles. The summed E-state index contributed by atoms with van der Waals surface area (Å²) in [6.45, 7) is -1.43. The molecule has 18 nitrogen and oxygen atoms in total. The summed E-state index contributed by atoms with van der Waals surface area (Å²) in [6, 6.07) is 0.908. The fourth-order valence-electron chi connectivity index (χ4n) is 4.42. The second kappa shape index (κ2) is 11.7. The van der Waals surface area contributed by atoms with Crippen LogP contribution in [-0.4, -0.2) is 82.7 Å². The van der Waals surface area contributed by atoms with Crippen molar-refractivity contribution in [3.05, 3.63) is 45.8 Å². The van der Waals surface area contributed by atoms with Crippen molar-refractivity contribution in [3.63, 3.8) is 0 Å². The number of hydrogen-bond acceptors (Lipinski definition) is 13. The van der Waals surface area contributed by atoms with Gasteiger partial charge in [-0.1, -0.05) is 0 Å². The molecule has 0 saturated carbocycles. The molecule has 2 aliphatic heterocycles. The number of hydrogen-bond donors (Lipinski definition) is 4. The molecule has 0 spiro atoms. The molecule has 224 valence electrons. The van der Waals surface area contributed by atoms with Gasteiger partial charge in [0.15, 0.2) is 30.1 Å². The summed E-state index contributed by atoms with van der Waals surface area (Å²) in [5.74, 6) is 0.0735. The Morgan fingerprint density at radius 1 is 1.20 bits per heavy atom. The lowest BCUT2D eigenvalue weighted by Crippen LogP contribution is -2.37. The van der Waals surface area contributed by atoms with Crippen molar-refractivity contribution in [2.45, 2.75) is 49.5 Å². The molecule has 2 fully saturated rings. The fraction of sp³-hybridized carbons (Fsp3) is 0.526. The highest BCUT2D eigenvalue weighted by Gasteiger charge is 2.51. The summed E-state index contributed by atoms with van der Waals surface area (Å²) < 4.78 is 81.3. The van der Waals surface area contributed by atoms with Gasteiger partial charge < -0.3 is 29.5 Å². The number of aromatic amines is 1. The Morgan fingerprint density at radius 2 is 1.98 bits per heavy atom. The highest BCUT2D eigenvalue weighted by molar-refractivity contribution is 7.47. The molecular weight excluding hydrogens is 602 g/mol. The molecule has 3 aromatic heterocycles. The summed E-state index contributed by atoms with van der Waals surface area (Å²) in [5.41, 5.74) is 4.33. The Kier molecular flexibility index (Phi) is 8.47. The summed E-state index contributed by atoms with van der Waals surface area (Å²) >= 11 is 0. The van der Waals surface area contributed by atoms with Crippen LogP contribution >= 0.6 is 16.1 Å². The van der Waals surface area contributed by atoms with Gasteiger partial charge in [-0.05, 0) is 0 Å². The molecule has 0 amide bonds. The predicted octanol–water partition coefficient (Wildman–Crippen LogP) is -0.279. The molecule has 2 unspecified atom stereocenters. The van der Waals surface area contributed by atoms with Crippen molar-refractivity contribution in [3.8, 4) is 0 Å². The van der Waals surface area contributed by atoms with Crippen molar-refractivity contribution in [1.29, 1.82) is 0 Å². The summed E-state index contributed by atoms with van der Waals surface area (Å²) in [4.78, 5) is 56.8. The average molecular weight is 625 g/mol. The Balaban J connectivity index is 1.28. The van der Waals surface area contributed by atoms with E-state index in [0.717, 1.165) is 18.6 Å². The maximum atomic E-state index is 15.3. The number of nitrogens with zero attached hydrogens (tertiary/aromatic N) is 5. The number of anilines is 1. The zero-order valence-electron chi connectivity index (χ0n) is 20.6. The van der Waals surface area contributed by atoms with E-state index in [0.29, 0.717) is 4.57 Å². The van der Waals surface area contributed by atoms with Crippen molar-refractivity contribution in [2.75, 3.05) is 18.9 Å². The minimum Gasteiger partial charge on any atom is -0.382 e. The number of fused-ring (bicyclic) bond motifs is 1. The van der Waals surface area contributed by atoms with E-state index in [9.17, 15) is 28.0 Å². The zero-order valence-corrected chi connectivity index (χ0v) is 22.5. The Morgan fingerprint density at radius 3 is 2.71 bits per heavy atom. The van der Waals surface area contributed by atoms with Gasteiger partial charge in [0.25, 0.3) is 5.56 Å². The lowest BCUT2D eigenvalue weighted by Gasteiger charge is -2.24. The zero-order chi connectivity index (χ0) is 29.5.